The van der Waals surface area contributed by atoms with Gasteiger partial charge in [-0.15, -0.1) is 0 Å². The molecule has 0 radical (unpaired) electrons. The molecular formula is C19H21NO4. The molecule has 1 amide bonds. The normalized spacial score (nSPS) is 17.4. The van der Waals surface area contributed by atoms with Crippen molar-refractivity contribution in [3.05, 3.63) is 60.2 Å². The molecule has 1 aliphatic rings. The standard InChI is InChI=1S/C19H21NO4/c1-22-16-9-5-6-10-17(16)24-14-19(21)20-11-12-23-18(13-20)15-7-3-2-4-8-15/h2-10,18H,11-14H2,1H3. The zero-order chi connectivity index (χ0) is 16.8. The molecule has 1 heterocycles. The predicted octanol–water partition coefficient (Wildman–Crippen LogP) is 2.67. The van der Waals surface area contributed by atoms with Crippen LogP contribution in [0.15, 0.2) is 54.6 Å². The quantitative estimate of drug-likeness (QED) is 0.847. The fraction of sp³-hybridized carbons (Fsp3) is 0.316. The minimum Gasteiger partial charge on any atom is -0.493 e. The zero-order valence-electron chi connectivity index (χ0n) is 13.7. The molecule has 24 heavy (non-hydrogen) atoms. The Kier molecular flexibility index (Phi) is 5.33. The van der Waals surface area contributed by atoms with E-state index in [0.717, 1.165) is 5.56 Å². The highest BCUT2D eigenvalue weighted by Gasteiger charge is 2.25. The van der Waals surface area contributed by atoms with Gasteiger partial charge < -0.3 is 19.1 Å². The zero-order valence-corrected chi connectivity index (χ0v) is 13.7. The number of hydrogen-bond acceptors (Lipinski definition) is 4. The molecule has 1 atom stereocenters. The highest BCUT2D eigenvalue weighted by Crippen LogP contribution is 2.26. The Bertz CT molecular complexity index is 674. The average Bonchev–Trinajstić information content (AvgIpc) is 2.67. The van der Waals surface area contributed by atoms with Crippen LogP contribution in [0.5, 0.6) is 11.5 Å². The van der Waals surface area contributed by atoms with Gasteiger partial charge in [0, 0.05) is 6.54 Å². The highest BCUT2D eigenvalue weighted by atomic mass is 16.5. The minimum atomic E-state index is -0.0878. The first-order valence-electron chi connectivity index (χ1n) is 7.98. The Morgan fingerprint density at radius 1 is 1.12 bits per heavy atom. The van der Waals surface area contributed by atoms with Crippen LogP contribution in [0.2, 0.25) is 0 Å². The van der Waals surface area contributed by atoms with E-state index in [1.807, 2.05) is 42.5 Å². The number of nitrogens with zero attached hydrogens (tertiary/aromatic N) is 1. The van der Waals surface area contributed by atoms with Crippen LogP contribution in [0.1, 0.15) is 11.7 Å². The summed E-state index contributed by atoms with van der Waals surface area (Å²) in [6.45, 7) is 1.64. The maximum atomic E-state index is 12.5. The van der Waals surface area contributed by atoms with Crippen LogP contribution in [-0.2, 0) is 9.53 Å². The van der Waals surface area contributed by atoms with Crippen LogP contribution in [0.25, 0.3) is 0 Å². The smallest absolute Gasteiger partial charge is 0.260 e. The lowest BCUT2D eigenvalue weighted by Crippen LogP contribution is -2.44. The van der Waals surface area contributed by atoms with Crippen molar-refractivity contribution in [2.75, 3.05) is 33.4 Å². The molecule has 3 rings (SSSR count). The van der Waals surface area contributed by atoms with Gasteiger partial charge in [-0.3, -0.25) is 4.79 Å². The molecule has 1 unspecified atom stereocenters. The molecule has 2 aromatic carbocycles. The van der Waals surface area contributed by atoms with Gasteiger partial charge in [0.15, 0.2) is 18.1 Å². The summed E-state index contributed by atoms with van der Waals surface area (Å²) in [7, 11) is 1.58. The fourth-order valence-electron chi connectivity index (χ4n) is 2.71. The molecule has 0 aliphatic carbocycles. The lowest BCUT2D eigenvalue weighted by atomic mass is 10.1. The molecule has 0 spiro atoms. The molecule has 1 saturated heterocycles. The van der Waals surface area contributed by atoms with Crippen molar-refractivity contribution in [2.45, 2.75) is 6.10 Å². The number of carbonyl (C=O) groups is 1. The predicted molar refractivity (Wildman–Crippen MR) is 90.2 cm³/mol. The van der Waals surface area contributed by atoms with Gasteiger partial charge in [-0.2, -0.15) is 0 Å². The van der Waals surface area contributed by atoms with Crippen LogP contribution in [0.4, 0.5) is 0 Å². The Hall–Kier alpha value is -2.53. The molecule has 5 heteroatoms. The Morgan fingerprint density at radius 3 is 2.58 bits per heavy atom. The van der Waals surface area contributed by atoms with Gasteiger partial charge in [-0.05, 0) is 17.7 Å². The van der Waals surface area contributed by atoms with Gasteiger partial charge in [0.2, 0.25) is 0 Å². The number of benzene rings is 2. The van der Waals surface area contributed by atoms with Crippen molar-refractivity contribution >= 4 is 5.91 Å². The van der Waals surface area contributed by atoms with Gasteiger partial charge in [0.05, 0.1) is 20.3 Å². The number of para-hydroxylation sites is 2. The molecular weight excluding hydrogens is 306 g/mol. The molecule has 0 bridgehead atoms. The number of rotatable bonds is 5. The first-order chi connectivity index (χ1) is 11.8. The second kappa shape index (κ2) is 7.84. The number of carbonyl (C=O) groups excluding carboxylic acids is 1. The van der Waals surface area contributed by atoms with Gasteiger partial charge in [0.1, 0.15) is 6.10 Å². The number of amides is 1. The van der Waals surface area contributed by atoms with Crippen molar-refractivity contribution in [3.8, 4) is 11.5 Å². The monoisotopic (exact) mass is 327 g/mol. The highest BCUT2D eigenvalue weighted by molar-refractivity contribution is 5.78. The SMILES string of the molecule is COc1ccccc1OCC(=O)N1CCOC(c2ccccc2)C1. The molecule has 1 aliphatic heterocycles. The summed E-state index contributed by atoms with van der Waals surface area (Å²) >= 11 is 0. The van der Waals surface area contributed by atoms with E-state index in [4.69, 9.17) is 14.2 Å². The van der Waals surface area contributed by atoms with Crippen LogP contribution >= 0.6 is 0 Å². The molecule has 1 fully saturated rings. The van der Waals surface area contributed by atoms with Crippen LogP contribution in [0, 0.1) is 0 Å². The van der Waals surface area contributed by atoms with Crippen molar-refractivity contribution < 1.29 is 19.0 Å². The summed E-state index contributed by atoms with van der Waals surface area (Å²) in [4.78, 5) is 14.2. The van der Waals surface area contributed by atoms with Crippen molar-refractivity contribution in [3.63, 3.8) is 0 Å². The molecule has 0 aromatic heterocycles. The first-order valence-corrected chi connectivity index (χ1v) is 7.98. The van der Waals surface area contributed by atoms with Crippen LogP contribution in [0.3, 0.4) is 0 Å². The summed E-state index contributed by atoms with van der Waals surface area (Å²) in [6, 6.07) is 17.3. The van der Waals surface area contributed by atoms with E-state index in [1.165, 1.54) is 0 Å². The molecule has 0 N–H and O–H groups in total. The third-order valence-electron chi connectivity index (χ3n) is 4.01. The average molecular weight is 327 g/mol. The number of methoxy groups -OCH3 is 1. The van der Waals surface area contributed by atoms with E-state index in [2.05, 4.69) is 0 Å². The third-order valence-corrected chi connectivity index (χ3v) is 4.01. The van der Waals surface area contributed by atoms with Gasteiger partial charge in [-0.25, -0.2) is 0 Å². The second-order valence-corrected chi connectivity index (χ2v) is 5.55. The maximum Gasteiger partial charge on any atom is 0.260 e. The first kappa shape index (κ1) is 16.3. The fourth-order valence-corrected chi connectivity index (χ4v) is 2.71. The molecule has 0 saturated carbocycles. The Balaban J connectivity index is 1.58. The number of hydrogen-bond donors (Lipinski definition) is 0. The number of morpholine rings is 1. The largest absolute Gasteiger partial charge is 0.493 e. The maximum absolute atomic E-state index is 12.5. The molecule has 5 nitrogen and oxygen atoms in total. The Labute approximate surface area is 141 Å². The summed E-state index contributed by atoms with van der Waals surface area (Å²) in [5.74, 6) is 1.14. The van der Waals surface area contributed by atoms with Crippen LogP contribution in [-0.4, -0.2) is 44.2 Å². The van der Waals surface area contributed by atoms with E-state index < -0.39 is 0 Å². The topological polar surface area (TPSA) is 48.0 Å². The summed E-state index contributed by atoms with van der Waals surface area (Å²) in [5.41, 5.74) is 1.08. The summed E-state index contributed by atoms with van der Waals surface area (Å²) in [6.07, 6.45) is -0.0878. The second-order valence-electron chi connectivity index (χ2n) is 5.55. The third kappa shape index (κ3) is 3.86. The van der Waals surface area contributed by atoms with Crippen molar-refractivity contribution in [1.29, 1.82) is 0 Å². The van der Waals surface area contributed by atoms with E-state index >= 15 is 0 Å². The van der Waals surface area contributed by atoms with E-state index in [0.29, 0.717) is 31.2 Å². The van der Waals surface area contributed by atoms with E-state index in [9.17, 15) is 4.79 Å². The van der Waals surface area contributed by atoms with E-state index in [-0.39, 0.29) is 18.6 Å². The number of ether oxygens (including phenoxy) is 3. The van der Waals surface area contributed by atoms with E-state index in [1.54, 1.807) is 24.1 Å². The molecule has 2 aromatic rings. The summed E-state index contributed by atoms with van der Waals surface area (Å²) in [5, 5.41) is 0. The summed E-state index contributed by atoms with van der Waals surface area (Å²) < 4.78 is 16.6. The van der Waals surface area contributed by atoms with Gasteiger partial charge in [0.25, 0.3) is 5.91 Å². The lowest BCUT2D eigenvalue weighted by Gasteiger charge is -2.33. The van der Waals surface area contributed by atoms with Crippen LogP contribution < -0.4 is 9.47 Å². The van der Waals surface area contributed by atoms with Crippen molar-refractivity contribution in [2.24, 2.45) is 0 Å². The van der Waals surface area contributed by atoms with Gasteiger partial charge >= 0.3 is 0 Å². The Morgan fingerprint density at radius 2 is 1.83 bits per heavy atom. The van der Waals surface area contributed by atoms with Gasteiger partial charge in [-0.1, -0.05) is 42.5 Å². The minimum absolute atomic E-state index is 0.0120. The lowest BCUT2D eigenvalue weighted by molar-refractivity contribution is -0.141. The molecule has 126 valence electrons. The van der Waals surface area contributed by atoms with Crippen molar-refractivity contribution in [1.82, 2.24) is 4.90 Å².